The highest BCUT2D eigenvalue weighted by atomic mass is 35.5. The van der Waals surface area contributed by atoms with E-state index in [0.717, 1.165) is 43.1 Å². The molecule has 1 atom stereocenters. The Morgan fingerprint density at radius 3 is 2.55 bits per heavy atom. The molecule has 1 unspecified atom stereocenters. The second-order valence-electron chi connectivity index (χ2n) is 6.05. The molecule has 4 heteroatoms. The van der Waals surface area contributed by atoms with Crippen LogP contribution in [0.1, 0.15) is 33.1 Å². The summed E-state index contributed by atoms with van der Waals surface area (Å²) in [5.74, 6) is 0. The highest BCUT2D eigenvalue weighted by Gasteiger charge is 2.32. The van der Waals surface area contributed by atoms with E-state index in [0.29, 0.717) is 6.04 Å². The Hall–Kier alpha value is -0.770. The minimum Gasteiger partial charge on any atom is -0.394 e. The number of rotatable bonds is 4. The van der Waals surface area contributed by atoms with E-state index in [2.05, 4.69) is 24.1 Å². The van der Waals surface area contributed by atoms with E-state index in [-0.39, 0.29) is 12.1 Å². The van der Waals surface area contributed by atoms with Crippen molar-refractivity contribution in [3.05, 3.63) is 29.3 Å². The summed E-state index contributed by atoms with van der Waals surface area (Å²) in [6, 6.07) is 8.29. The van der Waals surface area contributed by atoms with Crippen LogP contribution in [0.4, 0.5) is 5.69 Å². The second-order valence-corrected chi connectivity index (χ2v) is 6.49. The van der Waals surface area contributed by atoms with Crippen molar-refractivity contribution >= 4 is 17.3 Å². The molecule has 2 rings (SSSR count). The third-order valence-corrected chi connectivity index (χ3v) is 4.52. The van der Waals surface area contributed by atoms with Gasteiger partial charge in [0, 0.05) is 23.3 Å². The van der Waals surface area contributed by atoms with Gasteiger partial charge in [0.15, 0.2) is 0 Å². The van der Waals surface area contributed by atoms with E-state index in [1.807, 2.05) is 24.3 Å². The first-order valence-corrected chi connectivity index (χ1v) is 7.81. The lowest BCUT2D eigenvalue weighted by Gasteiger charge is -2.33. The number of aliphatic hydroxyl groups excluding tert-OH is 1. The van der Waals surface area contributed by atoms with Crippen LogP contribution in [0.5, 0.6) is 0 Å². The summed E-state index contributed by atoms with van der Waals surface area (Å²) in [6.45, 7) is 6.78. The quantitative estimate of drug-likeness (QED) is 0.894. The first kappa shape index (κ1) is 15.6. The summed E-state index contributed by atoms with van der Waals surface area (Å²) in [6.07, 6.45) is 3.07. The third-order valence-electron chi connectivity index (χ3n) is 4.26. The van der Waals surface area contributed by atoms with Crippen LogP contribution in [0, 0.1) is 0 Å². The fourth-order valence-corrected chi connectivity index (χ4v) is 3.02. The van der Waals surface area contributed by atoms with Crippen LogP contribution in [0.3, 0.4) is 0 Å². The first-order chi connectivity index (χ1) is 9.54. The monoisotopic (exact) mass is 296 g/mol. The Labute approximate surface area is 126 Å². The van der Waals surface area contributed by atoms with Gasteiger partial charge in [-0.1, -0.05) is 11.6 Å². The maximum Gasteiger partial charge on any atom is 0.0662 e. The summed E-state index contributed by atoms with van der Waals surface area (Å²) >= 11 is 5.92. The van der Waals surface area contributed by atoms with Crippen LogP contribution in [-0.4, -0.2) is 41.3 Å². The fourth-order valence-electron chi connectivity index (χ4n) is 2.89. The van der Waals surface area contributed by atoms with E-state index in [4.69, 9.17) is 11.6 Å². The molecule has 0 saturated carbocycles. The lowest BCUT2D eigenvalue weighted by Crippen LogP contribution is -2.43. The van der Waals surface area contributed by atoms with Gasteiger partial charge in [-0.15, -0.1) is 0 Å². The van der Waals surface area contributed by atoms with Gasteiger partial charge >= 0.3 is 0 Å². The molecule has 1 fully saturated rings. The van der Waals surface area contributed by atoms with Crippen molar-refractivity contribution in [1.29, 1.82) is 0 Å². The molecule has 0 spiro atoms. The zero-order valence-corrected chi connectivity index (χ0v) is 13.2. The predicted molar refractivity (Wildman–Crippen MR) is 85.5 cm³/mol. The number of hydrogen-bond acceptors (Lipinski definition) is 3. The number of halogens is 1. The van der Waals surface area contributed by atoms with Crippen LogP contribution < -0.4 is 5.32 Å². The van der Waals surface area contributed by atoms with Crippen molar-refractivity contribution in [2.75, 3.05) is 25.0 Å². The molecule has 0 aliphatic carbocycles. The van der Waals surface area contributed by atoms with E-state index >= 15 is 0 Å². The van der Waals surface area contributed by atoms with Gasteiger partial charge < -0.3 is 15.3 Å². The van der Waals surface area contributed by atoms with Gasteiger partial charge in [-0.25, -0.2) is 0 Å². The number of anilines is 1. The minimum atomic E-state index is -0.211. The van der Waals surface area contributed by atoms with Gasteiger partial charge in [-0.2, -0.15) is 0 Å². The molecule has 112 valence electrons. The van der Waals surface area contributed by atoms with Crippen LogP contribution >= 0.6 is 11.6 Å². The smallest absolute Gasteiger partial charge is 0.0662 e. The van der Waals surface area contributed by atoms with Crippen molar-refractivity contribution in [3.63, 3.8) is 0 Å². The zero-order chi connectivity index (χ0) is 14.6. The summed E-state index contributed by atoms with van der Waals surface area (Å²) in [5, 5.41) is 14.2. The van der Waals surface area contributed by atoms with Crippen LogP contribution in [-0.2, 0) is 0 Å². The van der Waals surface area contributed by atoms with Crippen molar-refractivity contribution in [2.24, 2.45) is 0 Å². The van der Waals surface area contributed by atoms with E-state index < -0.39 is 0 Å². The largest absolute Gasteiger partial charge is 0.394 e. The van der Waals surface area contributed by atoms with Gasteiger partial charge in [0.05, 0.1) is 12.1 Å². The second kappa shape index (κ2) is 6.79. The van der Waals surface area contributed by atoms with Crippen LogP contribution in [0.25, 0.3) is 0 Å². The first-order valence-electron chi connectivity index (χ1n) is 7.43. The Kier molecular flexibility index (Phi) is 5.30. The predicted octanol–water partition coefficient (Wildman–Crippen LogP) is 3.38. The SMILES string of the molecule is CC(C)N1CCCC(CO)(Nc2ccc(Cl)cc2)CC1. The van der Waals surface area contributed by atoms with Gasteiger partial charge in [0.2, 0.25) is 0 Å². The van der Waals surface area contributed by atoms with Gasteiger partial charge in [-0.3, -0.25) is 0 Å². The third kappa shape index (κ3) is 3.87. The molecule has 1 aliphatic rings. The topological polar surface area (TPSA) is 35.5 Å². The molecule has 0 bridgehead atoms. The van der Waals surface area contributed by atoms with Gasteiger partial charge in [0.25, 0.3) is 0 Å². The highest BCUT2D eigenvalue weighted by molar-refractivity contribution is 6.30. The molecule has 1 heterocycles. The van der Waals surface area contributed by atoms with E-state index in [1.54, 1.807) is 0 Å². The molecule has 0 radical (unpaired) electrons. The molecule has 3 nitrogen and oxygen atoms in total. The summed E-state index contributed by atoms with van der Waals surface area (Å²) in [5.41, 5.74) is 0.818. The summed E-state index contributed by atoms with van der Waals surface area (Å²) < 4.78 is 0. The Balaban J connectivity index is 2.07. The maximum atomic E-state index is 9.90. The lowest BCUT2D eigenvalue weighted by molar-refractivity contribution is 0.186. The van der Waals surface area contributed by atoms with Crippen LogP contribution in [0.15, 0.2) is 24.3 Å². The Morgan fingerprint density at radius 1 is 1.25 bits per heavy atom. The average molecular weight is 297 g/mol. The number of likely N-dealkylation sites (tertiary alicyclic amines) is 1. The molecule has 2 N–H and O–H groups in total. The summed E-state index contributed by atoms with van der Waals surface area (Å²) in [7, 11) is 0. The van der Waals surface area contributed by atoms with Crippen LogP contribution in [0.2, 0.25) is 5.02 Å². The summed E-state index contributed by atoms with van der Waals surface area (Å²) in [4.78, 5) is 2.49. The normalized spacial score (nSPS) is 24.6. The van der Waals surface area contributed by atoms with E-state index in [9.17, 15) is 5.11 Å². The Bertz CT molecular complexity index is 421. The molecule has 1 saturated heterocycles. The maximum absolute atomic E-state index is 9.90. The average Bonchev–Trinajstić information content (AvgIpc) is 2.65. The highest BCUT2D eigenvalue weighted by Crippen LogP contribution is 2.28. The zero-order valence-electron chi connectivity index (χ0n) is 12.4. The number of nitrogens with one attached hydrogen (secondary N) is 1. The number of nitrogens with zero attached hydrogens (tertiary/aromatic N) is 1. The number of hydrogen-bond donors (Lipinski definition) is 2. The van der Waals surface area contributed by atoms with Crippen molar-refractivity contribution in [1.82, 2.24) is 4.90 Å². The standard InChI is InChI=1S/C16H25ClN2O/c1-13(2)19-10-3-8-16(12-20,9-11-19)18-15-6-4-14(17)5-7-15/h4-7,13,18,20H,3,8-12H2,1-2H3. The molecule has 0 amide bonds. The van der Waals surface area contributed by atoms with Crippen molar-refractivity contribution in [2.45, 2.75) is 44.7 Å². The number of aliphatic hydroxyl groups is 1. The molecule has 20 heavy (non-hydrogen) atoms. The number of benzene rings is 1. The Morgan fingerprint density at radius 2 is 1.95 bits per heavy atom. The molecular formula is C16H25ClN2O. The minimum absolute atomic E-state index is 0.168. The van der Waals surface area contributed by atoms with Gasteiger partial charge in [0.1, 0.15) is 0 Å². The molecule has 1 aromatic carbocycles. The molecular weight excluding hydrogens is 272 g/mol. The lowest BCUT2D eigenvalue weighted by atomic mass is 9.91. The molecule has 0 aromatic heterocycles. The van der Waals surface area contributed by atoms with E-state index in [1.165, 1.54) is 0 Å². The van der Waals surface area contributed by atoms with Crippen molar-refractivity contribution in [3.8, 4) is 0 Å². The van der Waals surface area contributed by atoms with Gasteiger partial charge in [-0.05, 0) is 63.9 Å². The molecule has 1 aromatic rings. The fraction of sp³-hybridized carbons (Fsp3) is 0.625. The van der Waals surface area contributed by atoms with Crippen molar-refractivity contribution < 1.29 is 5.11 Å². The molecule has 1 aliphatic heterocycles.